The largest absolute Gasteiger partial charge is 0.488 e. The second-order valence-corrected chi connectivity index (χ2v) is 3.05. The van der Waals surface area contributed by atoms with Crippen molar-refractivity contribution >= 4 is 5.78 Å². The van der Waals surface area contributed by atoms with Gasteiger partial charge in [0.1, 0.15) is 12.4 Å². The molecule has 0 aromatic heterocycles. The third kappa shape index (κ3) is 4.01. The Balaban J connectivity index is 2.71. The lowest BCUT2D eigenvalue weighted by molar-refractivity contribution is -0.0885. The van der Waals surface area contributed by atoms with Crippen molar-refractivity contribution < 1.29 is 31.5 Å². The first-order valence-corrected chi connectivity index (χ1v) is 4.43. The van der Waals surface area contributed by atoms with Gasteiger partial charge in [0.15, 0.2) is 0 Å². The summed E-state index contributed by atoms with van der Waals surface area (Å²) in [7, 11) is 0. The average Bonchev–Trinajstić information content (AvgIpc) is 2.25. The highest BCUT2D eigenvalue weighted by molar-refractivity contribution is 6.00. The Morgan fingerprint density at radius 1 is 1.18 bits per heavy atom. The smallest absolute Gasteiger partial charge is 0.454 e. The van der Waals surface area contributed by atoms with Gasteiger partial charge < -0.3 is 4.74 Å². The zero-order chi connectivity index (χ0) is 13.1. The van der Waals surface area contributed by atoms with Gasteiger partial charge in [0.2, 0.25) is 0 Å². The minimum absolute atomic E-state index is 0.0241. The van der Waals surface area contributed by atoms with Gasteiger partial charge >= 0.3 is 6.18 Å². The van der Waals surface area contributed by atoms with E-state index in [1.54, 1.807) is 0 Å². The molecule has 0 fully saturated rings. The molecule has 94 valence electrons. The molecular formula is C10H7F5O2. The molecule has 1 aromatic carbocycles. The number of alkyl halides is 5. The summed E-state index contributed by atoms with van der Waals surface area (Å²) in [6, 6.07) is 3.80. The number of rotatable bonds is 4. The molecule has 0 amide bonds. The summed E-state index contributed by atoms with van der Waals surface area (Å²) >= 11 is 0. The normalized spacial score (nSPS) is 11.6. The van der Waals surface area contributed by atoms with Gasteiger partial charge in [0.05, 0.1) is 0 Å². The molecule has 0 aliphatic carbocycles. The molecule has 0 heterocycles. The van der Waals surface area contributed by atoms with E-state index in [1.807, 2.05) is 0 Å². The molecule has 0 spiro atoms. The lowest BCUT2D eigenvalue weighted by Crippen LogP contribution is -2.22. The van der Waals surface area contributed by atoms with Crippen LogP contribution in [0.25, 0.3) is 0 Å². The van der Waals surface area contributed by atoms with Crippen molar-refractivity contribution in [2.24, 2.45) is 0 Å². The van der Waals surface area contributed by atoms with Gasteiger partial charge in [-0.15, -0.1) is 0 Å². The molecule has 1 rings (SSSR count). The Hall–Kier alpha value is -1.66. The Morgan fingerprint density at radius 2 is 1.71 bits per heavy atom. The maximum Gasteiger partial charge on any atom is 0.454 e. The maximum absolute atomic E-state index is 12.0. The van der Waals surface area contributed by atoms with Gasteiger partial charge in [-0.25, -0.2) is 8.78 Å². The fraction of sp³-hybridized carbons (Fsp3) is 0.300. The molecule has 1 aromatic rings. The molecule has 7 heteroatoms. The predicted molar refractivity (Wildman–Crippen MR) is 48.3 cm³/mol. The number of ketones is 1. The molecule has 0 radical (unpaired) electrons. The van der Waals surface area contributed by atoms with E-state index in [9.17, 15) is 26.7 Å². The van der Waals surface area contributed by atoms with Crippen molar-refractivity contribution in [2.75, 3.05) is 6.61 Å². The minimum atomic E-state index is -4.95. The van der Waals surface area contributed by atoms with Crippen molar-refractivity contribution in [3.05, 3.63) is 29.8 Å². The number of ether oxygens (including phenoxy) is 1. The van der Waals surface area contributed by atoms with Crippen molar-refractivity contribution in [2.45, 2.75) is 12.6 Å². The summed E-state index contributed by atoms with van der Waals surface area (Å²) in [4.78, 5) is 10.8. The van der Waals surface area contributed by atoms with Gasteiger partial charge in [-0.1, -0.05) is 0 Å². The van der Waals surface area contributed by atoms with E-state index in [4.69, 9.17) is 0 Å². The second-order valence-electron chi connectivity index (χ2n) is 3.05. The maximum atomic E-state index is 12.0. The first-order valence-electron chi connectivity index (χ1n) is 4.43. The summed E-state index contributed by atoms with van der Waals surface area (Å²) < 4.78 is 64.1. The molecule has 0 unspecified atom stereocenters. The highest BCUT2D eigenvalue weighted by atomic mass is 19.4. The Bertz CT molecular complexity index is 383. The molecule has 0 atom stereocenters. The summed E-state index contributed by atoms with van der Waals surface area (Å²) in [5, 5.41) is 0. The number of hydrogen-bond acceptors (Lipinski definition) is 2. The highest BCUT2D eigenvalue weighted by Crippen LogP contribution is 2.23. The van der Waals surface area contributed by atoms with E-state index in [1.165, 1.54) is 0 Å². The van der Waals surface area contributed by atoms with Gasteiger partial charge in [-0.2, -0.15) is 13.2 Å². The molecular weight excluding hydrogens is 247 g/mol. The van der Waals surface area contributed by atoms with Gasteiger partial charge in [0, 0.05) is 5.56 Å². The fourth-order valence-corrected chi connectivity index (χ4v) is 1.03. The summed E-state index contributed by atoms with van der Waals surface area (Å²) in [6.07, 6.45) is -7.63. The van der Waals surface area contributed by atoms with Crippen LogP contribution in [-0.4, -0.2) is 25.0 Å². The average molecular weight is 254 g/mol. The van der Waals surface area contributed by atoms with Crippen LogP contribution in [0.3, 0.4) is 0 Å². The number of Topliss-reactive ketones (excluding diaryl/α,β-unsaturated/α-hetero) is 1. The summed E-state index contributed by atoms with van der Waals surface area (Å²) in [5.41, 5.74) is -0.568. The molecule has 0 saturated carbocycles. The zero-order valence-electron chi connectivity index (χ0n) is 8.30. The third-order valence-corrected chi connectivity index (χ3v) is 1.75. The summed E-state index contributed by atoms with van der Waals surface area (Å²) in [5.74, 6) is -2.01. The Kier molecular flexibility index (Phi) is 4.03. The van der Waals surface area contributed by atoms with Crippen LogP contribution in [0.15, 0.2) is 24.3 Å². The van der Waals surface area contributed by atoms with E-state index in [0.29, 0.717) is 0 Å². The van der Waals surface area contributed by atoms with Gasteiger partial charge in [-0.3, -0.25) is 4.79 Å². The number of benzene rings is 1. The highest BCUT2D eigenvalue weighted by Gasteiger charge is 2.39. The summed E-state index contributed by atoms with van der Waals surface area (Å²) in [6.45, 7) is -0.855. The minimum Gasteiger partial charge on any atom is -0.488 e. The number of hydrogen-bond donors (Lipinski definition) is 0. The SMILES string of the molecule is O=C(c1ccc(OCC(F)F)cc1)C(F)(F)F. The van der Waals surface area contributed by atoms with Crippen LogP contribution in [0.5, 0.6) is 5.75 Å². The van der Waals surface area contributed by atoms with Crippen LogP contribution in [0.4, 0.5) is 22.0 Å². The lowest BCUT2D eigenvalue weighted by atomic mass is 10.1. The zero-order valence-corrected chi connectivity index (χ0v) is 8.30. The van der Waals surface area contributed by atoms with Gasteiger partial charge in [0.25, 0.3) is 12.2 Å². The topological polar surface area (TPSA) is 26.3 Å². The lowest BCUT2D eigenvalue weighted by Gasteiger charge is -2.07. The van der Waals surface area contributed by atoms with E-state index in [2.05, 4.69) is 4.74 Å². The molecule has 0 aliphatic heterocycles. The molecule has 0 bridgehead atoms. The molecule has 0 N–H and O–H groups in total. The second kappa shape index (κ2) is 5.11. The number of halogens is 5. The number of carbonyl (C=O) groups is 1. The Labute approximate surface area is 93.0 Å². The van der Waals surface area contributed by atoms with Crippen LogP contribution in [0.1, 0.15) is 10.4 Å². The molecule has 2 nitrogen and oxygen atoms in total. The molecule has 0 aliphatic rings. The molecule has 17 heavy (non-hydrogen) atoms. The third-order valence-electron chi connectivity index (χ3n) is 1.75. The fourth-order valence-electron chi connectivity index (χ4n) is 1.03. The van der Waals surface area contributed by atoms with E-state index < -0.39 is 30.6 Å². The van der Waals surface area contributed by atoms with E-state index >= 15 is 0 Å². The quantitative estimate of drug-likeness (QED) is 0.609. The standard InChI is InChI=1S/C10H7F5O2/c11-8(12)5-17-7-3-1-6(2-4-7)9(16)10(13,14)15/h1-4,8H,5H2. The Morgan fingerprint density at radius 3 is 2.12 bits per heavy atom. The predicted octanol–water partition coefficient (Wildman–Crippen LogP) is 3.08. The van der Waals surface area contributed by atoms with Crippen molar-refractivity contribution in [1.82, 2.24) is 0 Å². The van der Waals surface area contributed by atoms with Crippen molar-refractivity contribution in [3.63, 3.8) is 0 Å². The van der Waals surface area contributed by atoms with Crippen molar-refractivity contribution in [3.8, 4) is 5.75 Å². The monoisotopic (exact) mass is 254 g/mol. The van der Waals surface area contributed by atoms with Crippen molar-refractivity contribution in [1.29, 1.82) is 0 Å². The van der Waals surface area contributed by atoms with E-state index in [0.717, 1.165) is 24.3 Å². The number of carbonyl (C=O) groups excluding carboxylic acids is 1. The van der Waals surface area contributed by atoms with Crippen LogP contribution < -0.4 is 4.74 Å². The van der Waals surface area contributed by atoms with Crippen LogP contribution >= 0.6 is 0 Å². The van der Waals surface area contributed by atoms with Crippen LogP contribution in [0, 0.1) is 0 Å². The van der Waals surface area contributed by atoms with Crippen LogP contribution in [-0.2, 0) is 0 Å². The molecule has 0 saturated heterocycles. The van der Waals surface area contributed by atoms with Gasteiger partial charge in [-0.05, 0) is 24.3 Å². The van der Waals surface area contributed by atoms with E-state index in [-0.39, 0.29) is 5.75 Å². The first kappa shape index (κ1) is 13.4. The first-order chi connectivity index (χ1) is 7.80. The van der Waals surface area contributed by atoms with Crippen LogP contribution in [0.2, 0.25) is 0 Å².